The van der Waals surface area contributed by atoms with Gasteiger partial charge in [-0.3, -0.25) is 4.98 Å². The van der Waals surface area contributed by atoms with Crippen LogP contribution < -0.4 is 0 Å². The van der Waals surface area contributed by atoms with E-state index in [1.807, 2.05) is 24.4 Å². The number of hydrogen-bond acceptors (Lipinski definition) is 3. The van der Waals surface area contributed by atoms with Crippen molar-refractivity contribution in [2.45, 2.75) is 19.4 Å². The highest BCUT2D eigenvalue weighted by Gasteiger charge is 2.13. The highest BCUT2D eigenvalue weighted by atomic mass is 35.5. The van der Waals surface area contributed by atoms with Gasteiger partial charge in [0.25, 0.3) is 0 Å². The van der Waals surface area contributed by atoms with Gasteiger partial charge in [0.1, 0.15) is 0 Å². The molecule has 0 aliphatic rings. The van der Waals surface area contributed by atoms with Crippen molar-refractivity contribution in [3.63, 3.8) is 0 Å². The Morgan fingerprint density at radius 3 is 2.94 bits per heavy atom. The fourth-order valence-corrected chi connectivity index (χ4v) is 2.71. The first-order valence-corrected chi connectivity index (χ1v) is 6.24. The van der Waals surface area contributed by atoms with Crippen LogP contribution in [-0.4, -0.2) is 10.1 Å². The minimum atomic E-state index is -0.486. The minimum Gasteiger partial charge on any atom is -0.387 e. The first-order chi connectivity index (χ1) is 7.68. The van der Waals surface area contributed by atoms with E-state index in [9.17, 15) is 5.11 Å². The van der Waals surface area contributed by atoms with Crippen LogP contribution in [0.3, 0.4) is 0 Å². The topological polar surface area (TPSA) is 33.1 Å². The Morgan fingerprint density at radius 1 is 1.50 bits per heavy atom. The molecule has 2 aromatic rings. The number of aromatic nitrogens is 1. The minimum absolute atomic E-state index is 0.486. The molecule has 0 aromatic carbocycles. The smallest absolute Gasteiger partial charge is 0.0925 e. The van der Waals surface area contributed by atoms with E-state index < -0.39 is 6.10 Å². The fourth-order valence-electron chi connectivity index (χ4n) is 1.60. The number of pyridine rings is 1. The SMILES string of the molecule is Cc1ccsc1C(O)Cc1ccncc1Cl. The van der Waals surface area contributed by atoms with Crippen LogP contribution in [0.2, 0.25) is 5.02 Å². The molecule has 0 aliphatic carbocycles. The monoisotopic (exact) mass is 253 g/mol. The van der Waals surface area contributed by atoms with E-state index >= 15 is 0 Å². The summed E-state index contributed by atoms with van der Waals surface area (Å²) in [6.07, 6.45) is 3.34. The summed E-state index contributed by atoms with van der Waals surface area (Å²) in [5.74, 6) is 0. The van der Waals surface area contributed by atoms with Crippen LogP contribution >= 0.6 is 22.9 Å². The van der Waals surface area contributed by atoms with Gasteiger partial charge in [0.05, 0.1) is 11.1 Å². The summed E-state index contributed by atoms with van der Waals surface area (Å²) in [4.78, 5) is 4.93. The molecule has 0 saturated heterocycles. The van der Waals surface area contributed by atoms with Crippen molar-refractivity contribution in [1.82, 2.24) is 4.98 Å². The molecule has 0 saturated carbocycles. The molecule has 1 atom stereocenters. The maximum atomic E-state index is 10.1. The predicted octanol–water partition coefficient (Wildman–Crippen LogP) is 3.38. The molecule has 0 amide bonds. The number of halogens is 1. The summed E-state index contributed by atoms with van der Waals surface area (Å²) < 4.78 is 0. The van der Waals surface area contributed by atoms with Crippen molar-refractivity contribution in [3.8, 4) is 0 Å². The number of aliphatic hydroxyl groups is 1. The van der Waals surface area contributed by atoms with Crippen molar-refractivity contribution in [3.05, 3.63) is 50.9 Å². The van der Waals surface area contributed by atoms with E-state index in [-0.39, 0.29) is 0 Å². The van der Waals surface area contributed by atoms with Crippen LogP contribution in [0.1, 0.15) is 22.1 Å². The zero-order valence-electron chi connectivity index (χ0n) is 8.85. The zero-order chi connectivity index (χ0) is 11.5. The maximum Gasteiger partial charge on any atom is 0.0925 e. The van der Waals surface area contributed by atoms with Crippen molar-refractivity contribution in [2.75, 3.05) is 0 Å². The zero-order valence-corrected chi connectivity index (χ0v) is 10.4. The molecule has 0 spiro atoms. The Kier molecular flexibility index (Phi) is 3.59. The van der Waals surface area contributed by atoms with Gasteiger partial charge in [-0.05, 0) is 35.6 Å². The van der Waals surface area contributed by atoms with Crippen LogP contribution in [0.5, 0.6) is 0 Å². The Labute approximate surface area is 104 Å². The second kappa shape index (κ2) is 4.95. The van der Waals surface area contributed by atoms with Gasteiger partial charge in [-0.2, -0.15) is 0 Å². The number of aliphatic hydroxyl groups excluding tert-OH is 1. The lowest BCUT2D eigenvalue weighted by atomic mass is 10.1. The van der Waals surface area contributed by atoms with E-state index in [1.54, 1.807) is 23.7 Å². The van der Waals surface area contributed by atoms with E-state index in [0.29, 0.717) is 11.4 Å². The van der Waals surface area contributed by atoms with Gasteiger partial charge in [-0.25, -0.2) is 0 Å². The summed E-state index contributed by atoms with van der Waals surface area (Å²) in [7, 11) is 0. The summed E-state index contributed by atoms with van der Waals surface area (Å²) in [6.45, 7) is 2.00. The second-order valence-electron chi connectivity index (χ2n) is 3.65. The Balaban J connectivity index is 2.17. The molecule has 0 fully saturated rings. The van der Waals surface area contributed by atoms with Gasteiger partial charge in [0.15, 0.2) is 0 Å². The van der Waals surface area contributed by atoms with Gasteiger partial charge >= 0.3 is 0 Å². The van der Waals surface area contributed by atoms with Crippen molar-refractivity contribution < 1.29 is 5.11 Å². The molecule has 1 unspecified atom stereocenters. The molecule has 84 valence electrons. The van der Waals surface area contributed by atoms with Crippen molar-refractivity contribution in [2.24, 2.45) is 0 Å². The number of hydrogen-bond donors (Lipinski definition) is 1. The number of thiophene rings is 1. The van der Waals surface area contributed by atoms with Crippen LogP contribution in [0, 0.1) is 6.92 Å². The standard InChI is InChI=1S/C12H12ClNOS/c1-8-3-5-16-12(8)11(15)6-9-2-4-14-7-10(9)13/h2-5,7,11,15H,6H2,1H3. The molecule has 0 bridgehead atoms. The molecule has 2 aromatic heterocycles. The van der Waals surface area contributed by atoms with Gasteiger partial charge < -0.3 is 5.11 Å². The molecule has 16 heavy (non-hydrogen) atoms. The molecule has 0 radical (unpaired) electrons. The lowest BCUT2D eigenvalue weighted by Crippen LogP contribution is -2.01. The second-order valence-corrected chi connectivity index (χ2v) is 5.01. The highest BCUT2D eigenvalue weighted by molar-refractivity contribution is 7.10. The first-order valence-electron chi connectivity index (χ1n) is 4.99. The molecule has 2 nitrogen and oxygen atoms in total. The Hall–Kier alpha value is -0.900. The summed E-state index contributed by atoms with van der Waals surface area (Å²) in [5, 5.41) is 12.7. The summed E-state index contributed by atoms with van der Waals surface area (Å²) in [5.41, 5.74) is 2.06. The normalized spacial score (nSPS) is 12.7. The number of rotatable bonds is 3. The van der Waals surface area contributed by atoms with E-state index in [1.165, 1.54) is 0 Å². The van der Waals surface area contributed by atoms with Gasteiger partial charge in [0, 0.05) is 23.7 Å². The van der Waals surface area contributed by atoms with Crippen LogP contribution in [0.4, 0.5) is 0 Å². The van der Waals surface area contributed by atoms with Gasteiger partial charge in [0.2, 0.25) is 0 Å². The average molecular weight is 254 g/mol. The largest absolute Gasteiger partial charge is 0.387 e. The van der Waals surface area contributed by atoms with Crippen molar-refractivity contribution in [1.29, 1.82) is 0 Å². The van der Waals surface area contributed by atoms with Crippen molar-refractivity contribution >= 4 is 22.9 Å². The third kappa shape index (κ3) is 2.43. The first kappa shape index (κ1) is 11.6. The molecule has 0 aliphatic heterocycles. The number of aryl methyl sites for hydroxylation is 1. The Morgan fingerprint density at radius 2 is 2.31 bits per heavy atom. The maximum absolute atomic E-state index is 10.1. The fraction of sp³-hybridized carbons (Fsp3) is 0.250. The molecular weight excluding hydrogens is 242 g/mol. The third-order valence-electron chi connectivity index (χ3n) is 2.47. The molecule has 1 N–H and O–H groups in total. The summed E-state index contributed by atoms with van der Waals surface area (Å²) >= 11 is 7.57. The van der Waals surface area contributed by atoms with E-state index in [4.69, 9.17) is 11.6 Å². The lowest BCUT2D eigenvalue weighted by molar-refractivity contribution is 0.181. The van der Waals surface area contributed by atoms with E-state index in [2.05, 4.69) is 4.98 Å². The number of nitrogens with zero attached hydrogens (tertiary/aromatic N) is 1. The van der Waals surface area contributed by atoms with Crippen LogP contribution in [0.25, 0.3) is 0 Å². The molecular formula is C12H12ClNOS. The lowest BCUT2D eigenvalue weighted by Gasteiger charge is -2.10. The molecule has 2 rings (SSSR count). The van der Waals surface area contributed by atoms with Gasteiger partial charge in [-0.15, -0.1) is 11.3 Å². The van der Waals surface area contributed by atoms with Crippen LogP contribution in [0.15, 0.2) is 29.9 Å². The molecule has 4 heteroatoms. The third-order valence-corrected chi connectivity index (χ3v) is 3.93. The van der Waals surface area contributed by atoms with Gasteiger partial charge in [-0.1, -0.05) is 11.6 Å². The van der Waals surface area contributed by atoms with Crippen LogP contribution in [-0.2, 0) is 6.42 Å². The van der Waals surface area contributed by atoms with E-state index in [0.717, 1.165) is 16.0 Å². The predicted molar refractivity (Wildman–Crippen MR) is 67.0 cm³/mol. The quantitative estimate of drug-likeness (QED) is 0.910. The average Bonchev–Trinajstić information content (AvgIpc) is 2.68. The summed E-state index contributed by atoms with van der Waals surface area (Å²) in [6, 6.07) is 3.85. The molecule has 2 heterocycles. The highest BCUT2D eigenvalue weighted by Crippen LogP contribution is 2.28. The Bertz CT molecular complexity index is 483.